The average molecular weight is 274 g/mol. The van der Waals surface area contributed by atoms with Gasteiger partial charge in [-0.3, -0.25) is 9.59 Å². The van der Waals surface area contributed by atoms with Crippen molar-refractivity contribution in [1.82, 2.24) is 5.32 Å². The van der Waals surface area contributed by atoms with Gasteiger partial charge in [0, 0.05) is 11.6 Å². The van der Waals surface area contributed by atoms with Crippen molar-refractivity contribution < 1.29 is 9.59 Å². The first kappa shape index (κ1) is 14.6. The Labute approximate surface area is 119 Å². The Morgan fingerprint density at radius 2 is 1.75 bits per heavy atom. The second-order valence-corrected chi connectivity index (χ2v) is 5.42. The quantitative estimate of drug-likeness (QED) is 0.887. The van der Waals surface area contributed by atoms with Gasteiger partial charge in [0.1, 0.15) is 6.04 Å². The summed E-state index contributed by atoms with van der Waals surface area (Å²) in [6, 6.07) is 8.76. The molecule has 20 heavy (non-hydrogen) atoms. The van der Waals surface area contributed by atoms with Gasteiger partial charge in [0.2, 0.25) is 11.8 Å². The van der Waals surface area contributed by atoms with E-state index < -0.39 is 6.04 Å². The molecule has 1 atom stereocenters. The number of para-hydroxylation sites is 1. The molecule has 4 heteroatoms. The van der Waals surface area contributed by atoms with E-state index in [2.05, 4.69) is 10.6 Å². The van der Waals surface area contributed by atoms with Crippen LogP contribution >= 0.6 is 0 Å². The maximum Gasteiger partial charge on any atom is 0.246 e. The Morgan fingerprint density at radius 3 is 2.40 bits per heavy atom. The van der Waals surface area contributed by atoms with E-state index in [9.17, 15) is 9.59 Å². The first-order valence-corrected chi connectivity index (χ1v) is 7.33. The van der Waals surface area contributed by atoms with Gasteiger partial charge in [-0.1, -0.05) is 37.5 Å². The molecule has 2 rings (SSSR count). The van der Waals surface area contributed by atoms with Crippen LogP contribution < -0.4 is 10.6 Å². The number of anilines is 1. The van der Waals surface area contributed by atoms with Crippen molar-refractivity contribution in [3.05, 3.63) is 30.3 Å². The lowest BCUT2D eigenvalue weighted by Crippen LogP contribution is -2.44. The summed E-state index contributed by atoms with van der Waals surface area (Å²) in [7, 11) is 0. The minimum Gasteiger partial charge on any atom is -0.344 e. The zero-order chi connectivity index (χ0) is 14.4. The van der Waals surface area contributed by atoms with Crippen LogP contribution in [0.2, 0.25) is 0 Å². The summed E-state index contributed by atoms with van der Waals surface area (Å²) < 4.78 is 0. The third kappa shape index (κ3) is 4.08. The summed E-state index contributed by atoms with van der Waals surface area (Å²) in [6.45, 7) is 1.72. The molecule has 0 unspecified atom stereocenters. The van der Waals surface area contributed by atoms with Gasteiger partial charge in [-0.2, -0.15) is 0 Å². The van der Waals surface area contributed by atoms with E-state index in [0.29, 0.717) is 0 Å². The number of carbonyl (C=O) groups is 2. The molecule has 1 aliphatic carbocycles. The van der Waals surface area contributed by atoms with Gasteiger partial charge in [0.15, 0.2) is 0 Å². The number of hydrogen-bond acceptors (Lipinski definition) is 2. The Bertz CT molecular complexity index is 453. The van der Waals surface area contributed by atoms with E-state index in [0.717, 1.165) is 31.4 Å². The molecule has 1 aliphatic rings. The van der Waals surface area contributed by atoms with E-state index in [1.54, 1.807) is 6.92 Å². The molecule has 0 saturated heterocycles. The van der Waals surface area contributed by atoms with Crippen LogP contribution in [-0.2, 0) is 9.59 Å². The molecule has 4 nitrogen and oxygen atoms in total. The fourth-order valence-electron chi connectivity index (χ4n) is 2.53. The zero-order valence-corrected chi connectivity index (χ0v) is 11.9. The molecule has 1 fully saturated rings. The largest absolute Gasteiger partial charge is 0.344 e. The van der Waals surface area contributed by atoms with Crippen LogP contribution in [0.1, 0.15) is 39.0 Å². The summed E-state index contributed by atoms with van der Waals surface area (Å²) >= 11 is 0. The van der Waals surface area contributed by atoms with E-state index >= 15 is 0 Å². The van der Waals surface area contributed by atoms with E-state index in [-0.39, 0.29) is 17.7 Å². The van der Waals surface area contributed by atoms with Gasteiger partial charge >= 0.3 is 0 Å². The topological polar surface area (TPSA) is 58.2 Å². The number of amides is 2. The molecule has 2 amide bonds. The molecule has 0 radical (unpaired) electrons. The molecule has 108 valence electrons. The predicted molar refractivity (Wildman–Crippen MR) is 79.3 cm³/mol. The first-order chi connectivity index (χ1) is 9.66. The highest BCUT2D eigenvalue weighted by Gasteiger charge is 2.24. The van der Waals surface area contributed by atoms with Crippen LogP contribution in [0.3, 0.4) is 0 Å². The Morgan fingerprint density at radius 1 is 1.10 bits per heavy atom. The van der Waals surface area contributed by atoms with Crippen LogP contribution in [0.5, 0.6) is 0 Å². The molecule has 0 aromatic heterocycles. The van der Waals surface area contributed by atoms with Gasteiger partial charge in [0.05, 0.1) is 0 Å². The summed E-state index contributed by atoms with van der Waals surface area (Å²) in [6.07, 6.45) is 5.33. The summed E-state index contributed by atoms with van der Waals surface area (Å²) in [5, 5.41) is 5.61. The van der Waals surface area contributed by atoms with Crippen molar-refractivity contribution in [2.45, 2.75) is 45.1 Å². The Balaban J connectivity index is 1.82. The highest BCUT2D eigenvalue weighted by Crippen LogP contribution is 2.23. The molecule has 2 N–H and O–H groups in total. The Kier molecular flexibility index (Phi) is 5.16. The molecule has 1 aromatic rings. The molecule has 1 saturated carbocycles. The normalized spacial score (nSPS) is 17.2. The molecule has 0 spiro atoms. The van der Waals surface area contributed by atoms with Gasteiger partial charge < -0.3 is 10.6 Å². The number of benzene rings is 1. The van der Waals surface area contributed by atoms with Crippen molar-refractivity contribution in [3.63, 3.8) is 0 Å². The summed E-state index contributed by atoms with van der Waals surface area (Å²) in [4.78, 5) is 24.1. The number of nitrogens with one attached hydrogen (secondary N) is 2. The van der Waals surface area contributed by atoms with Crippen LogP contribution in [0.25, 0.3) is 0 Å². The molecular formula is C16H22N2O2. The van der Waals surface area contributed by atoms with Gasteiger partial charge in [-0.05, 0) is 31.9 Å². The fourth-order valence-corrected chi connectivity index (χ4v) is 2.53. The number of hydrogen-bond donors (Lipinski definition) is 2. The van der Waals surface area contributed by atoms with Crippen molar-refractivity contribution in [2.24, 2.45) is 5.92 Å². The summed E-state index contributed by atoms with van der Waals surface area (Å²) in [5.74, 6) is -0.0866. The predicted octanol–water partition coefficient (Wildman–Crippen LogP) is 2.71. The standard InChI is InChI=1S/C16H22N2O2/c1-12(15(19)18-14-10-6-3-7-11-14)17-16(20)13-8-4-2-5-9-13/h3,6-7,10-13H,2,4-5,8-9H2,1H3,(H,17,20)(H,18,19)/t12-/m0/s1. The maximum atomic E-state index is 12.1. The van der Waals surface area contributed by atoms with E-state index in [4.69, 9.17) is 0 Å². The van der Waals surface area contributed by atoms with Crippen LogP contribution in [-0.4, -0.2) is 17.9 Å². The van der Waals surface area contributed by atoms with E-state index in [1.165, 1.54) is 6.42 Å². The van der Waals surface area contributed by atoms with Crippen molar-refractivity contribution >= 4 is 17.5 Å². The maximum absolute atomic E-state index is 12.1. The van der Waals surface area contributed by atoms with Gasteiger partial charge in [-0.15, -0.1) is 0 Å². The van der Waals surface area contributed by atoms with E-state index in [1.807, 2.05) is 30.3 Å². The second-order valence-electron chi connectivity index (χ2n) is 5.42. The molecule has 1 aromatic carbocycles. The van der Waals surface area contributed by atoms with Crippen molar-refractivity contribution in [3.8, 4) is 0 Å². The minimum atomic E-state index is -0.510. The minimum absolute atomic E-state index is 0.0143. The average Bonchev–Trinajstić information content (AvgIpc) is 2.49. The summed E-state index contributed by atoms with van der Waals surface area (Å²) in [5.41, 5.74) is 0.747. The smallest absolute Gasteiger partial charge is 0.246 e. The van der Waals surface area contributed by atoms with Crippen LogP contribution in [0, 0.1) is 5.92 Å². The fraction of sp³-hybridized carbons (Fsp3) is 0.500. The van der Waals surface area contributed by atoms with Crippen LogP contribution in [0.4, 0.5) is 5.69 Å². The SMILES string of the molecule is C[C@H](NC(=O)C1CCCCC1)C(=O)Nc1ccccc1. The lowest BCUT2D eigenvalue weighted by molar-refractivity contribution is -0.129. The lowest BCUT2D eigenvalue weighted by atomic mass is 9.88. The highest BCUT2D eigenvalue weighted by molar-refractivity contribution is 5.97. The third-order valence-corrected chi connectivity index (χ3v) is 3.77. The molecule has 0 bridgehead atoms. The van der Waals surface area contributed by atoms with Crippen molar-refractivity contribution in [1.29, 1.82) is 0 Å². The Hall–Kier alpha value is -1.84. The zero-order valence-electron chi connectivity index (χ0n) is 11.9. The van der Waals surface area contributed by atoms with Crippen molar-refractivity contribution in [2.75, 3.05) is 5.32 Å². The monoisotopic (exact) mass is 274 g/mol. The molecule has 0 aliphatic heterocycles. The first-order valence-electron chi connectivity index (χ1n) is 7.33. The van der Waals surface area contributed by atoms with Crippen LogP contribution in [0.15, 0.2) is 30.3 Å². The number of rotatable bonds is 4. The molecule has 0 heterocycles. The highest BCUT2D eigenvalue weighted by atomic mass is 16.2. The van der Waals surface area contributed by atoms with Gasteiger partial charge in [-0.25, -0.2) is 0 Å². The molecular weight excluding hydrogens is 252 g/mol. The van der Waals surface area contributed by atoms with Gasteiger partial charge in [0.25, 0.3) is 0 Å². The lowest BCUT2D eigenvalue weighted by Gasteiger charge is -2.23. The number of carbonyl (C=O) groups excluding carboxylic acids is 2. The third-order valence-electron chi connectivity index (χ3n) is 3.77. The second kappa shape index (κ2) is 7.08.